The molecule has 0 heterocycles. The molecular weight excluding hydrogens is 242 g/mol. The van der Waals surface area contributed by atoms with Crippen molar-refractivity contribution in [1.82, 2.24) is 0 Å². The van der Waals surface area contributed by atoms with Gasteiger partial charge in [0.2, 0.25) is 0 Å². The van der Waals surface area contributed by atoms with Gasteiger partial charge >= 0.3 is 0 Å². The van der Waals surface area contributed by atoms with Gasteiger partial charge in [0.1, 0.15) is 5.75 Å². The van der Waals surface area contributed by atoms with Crippen LogP contribution in [0.15, 0.2) is 24.3 Å². The Hall–Kier alpha value is -1.14. The van der Waals surface area contributed by atoms with Crippen LogP contribution >= 0.6 is 11.8 Å². The van der Waals surface area contributed by atoms with Crippen molar-refractivity contribution in [3.05, 3.63) is 29.8 Å². The SMILES string of the molecule is CC(C)C(C)SCCCOc1ccc(C#N)cc1. The van der Waals surface area contributed by atoms with Gasteiger partial charge in [-0.2, -0.15) is 17.0 Å². The van der Waals surface area contributed by atoms with Gasteiger partial charge in [-0.25, -0.2) is 0 Å². The van der Waals surface area contributed by atoms with E-state index in [2.05, 4.69) is 26.8 Å². The summed E-state index contributed by atoms with van der Waals surface area (Å²) in [6.07, 6.45) is 1.06. The quantitative estimate of drug-likeness (QED) is 0.694. The summed E-state index contributed by atoms with van der Waals surface area (Å²) < 4.78 is 5.63. The lowest BCUT2D eigenvalue weighted by Crippen LogP contribution is -2.07. The van der Waals surface area contributed by atoms with Crippen LogP contribution in [0.1, 0.15) is 32.8 Å². The fraction of sp³-hybridized carbons (Fsp3) is 0.533. The molecule has 3 heteroatoms. The molecule has 0 amide bonds. The molecule has 18 heavy (non-hydrogen) atoms. The fourth-order valence-electron chi connectivity index (χ4n) is 1.34. The summed E-state index contributed by atoms with van der Waals surface area (Å²) in [4.78, 5) is 0. The Kier molecular flexibility index (Phi) is 6.67. The van der Waals surface area contributed by atoms with Crippen LogP contribution in [0.25, 0.3) is 0 Å². The number of rotatable bonds is 7. The second-order valence-corrected chi connectivity index (χ2v) is 6.14. The highest BCUT2D eigenvalue weighted by Crippen LogP contribution is 2.19. The second kappa shape index (κ2) is 8.05. The molecule has 0 aliphatic rings. The number of nitriles is 1. The molecule has 0 radical (unpaired) electrons. The first-order valence-electron chi connectivity index (χ1n) is 6.38. The van der Waals surface area contributed by atoms with Gasteiger partial charge in [-0.05, 0) is 42.4 Å². The number of nitrogens with zero attached hydrogens (tertiary/aromatic N) is 1. The largest absolute Gasteiger partial charge is 0.494 e. The second-order valence-electron chi connectivity index (χ2n) is 4.66. The average molecular weight is 263 g/mol. The Balaban J connectivity index is 2.16. The Bertz CT molecular complexity index is 380. The van der Waals surface area contributed by atoms with E-state index in [1.165, 1.54) is 0 Å². The van der Waals surface area contributed by atoms with E-state index in [9.17, 15) is 0 Å². The fourth-order valence-corrected chi connectivity index (χ4v) is 2.38. The van der Waals surface area contributed by atoms with Crippen LogP contribution in [-0.4, -0.2) is 17.6 Å². The standard InChI is InChI=1S/C15H21NOS/c1-12(2)13(3)18-10-4-9-17-15-7-5-14(11-16)6-8-15/h5-8,12-13H,4,9-10H2,1-3H3. The molecule has 0 N–H and O–H groups in total. The van der Waals surface area contributed by atoms with E-state index in [1.807, 2.05) is 23.9 Å². The van der Waals surface area contributed by atoms with Gasteiger partial charge in [-0.3, -0.25) is 0 Å². The zero-order chi connectivity index (χ0) is 13.4. The highest BCUT2D eigenvalue weighted by Gasteiger charge is 2.06. The molecule has 0 spiro atoms. The van der Waals surface area contributed by atoms with Gasteiger partial charge in [0.15, 0.2) is 0 Å². The number of thioether (sulfide) groups is 1. The normalized spacial score (nSPS) is 12.2. The molecule has 1 aromatic rings. The minimum Gasteiger partial charge on any atom is -0.494 e. The molecule has 0 aromatic heterocycles. The smallest absolute Gasteiger partial charge is 0.119 e. The van der Waals surface area contributed by atoms with Crippen molar-refractivity contribution >= 4 is 11.8 Å². The van der Waals surface area contributed by atoms with Crippen LogP contribution in [0, 0.1) is 17.2 Å². The number of hydrogen-bond acceptors (Lipinski definition) is 3. The third-order valence-corrected chi connectivity index (χ3v) is 4.45. The van der Waals surface area contributed by atoms with Gasteiger partial charge in [-0.1, -0.05) is 20.8 Å². The highest BCUT2D eigenvalue weighted by molar-refractivity contribution is 7.99. The highest BCUT2D eigenvalue weighted by atomic mass is 32.2. The maximum atomic E-state index is 8.68. The van der Waals surface area contributed by atoms with Crippen molar-refractivity contribution in [2.24, 2.45) is 5.92 Å². The molecule has 1 aromatic carbocycles. The van der Waals surface area contributed by atoms with Crippen molar-refractivity contribution < 1.29 is 4.74 Å². The van der Waals surface area contributed by atoms with Crippen LogP contribution in [0.3, 0.4) is 0 Å². The molecule has 0 aliphatic heterocycles. The maximum absolute atomic E-state index is 8.68. The molecule has 1 unspecified atom stereocenters. The first-order valence-corrected chi connectivity index (χ1v) is 7.43. The Morgan fingerprint density at radius 1 is 1.22 bits per heavy atom. The monoisotopic (exact) mass is 263 g/mol. The summed E-state index contributed by atoms with van der Waals surface area (Å²) >= 11 is 2.00. The number of ether oxygens (including phenoxy) is 1. The summed E-state index contributed by atoms with van der Waals surface area (Å²) in [5, 5.41) is 9.39. The zero-order valence-electron chi connectivity index (χ0n) is 11.3. The van der Waals surface area contributed by atoms with E-state index in [0.717, 1.165) is 30.4 Å². The topological polar surface area (TPSA) is 33.0 Å². The van der Waals surface area contributed by atoms with E-state index in [1.54, 1.807) is 12.1 Å². The zero-order valence-corrected chi connectivity index (χ0v) is 12.2. The molecule has 98 valence electrons. The van der Waals surface area contributed by atoms with E-state index in [0.29, 0.717) is 10.8 Å². The van der Waals surface area contributed by atoms with Crippen molar-refractivity contribution in [3.63, 3.8) is 0 Å². The van der Waals surface area contributed by atoms with E-state index in [-0.39, 0.29) is 0 Å². The summed E-state index contributed by atoms with van der Waals surface area (Å²) in [5.41, 5.74) is 0.670. The molecule has 1 atom stereocenters. The van der Waals surface area contributed by atoms with E-state index in [4.69, 9.17) is 10.00 Å². The van der Waals surface area contributed by atoms with Crippen LogP contribution < -0.4 is 4.74 Å². The lowest BCUT2D eigenvalue weighted by atomic mass is 10.2. The minimum absolute atomic E-state index is 0.670. The van der Waals surface area contributed by atoms with Crippen LogP contribution in [-0.2, 0) is 0 Å². The Morgan fingerprint density at radius 3 is 2.44 bits per heavy atom. The van der Waals surface area contributed by atoms with Crippen LogP contribution in [0.5, 0.6) is 5.75 Å². The van der Waals surface area contributed by atoms with Gasteiger partial charge in [0.05, 0.1) is 18.2 Å². The molecule has 0 saturated heterocycles. The van der Waals surface area contributed by atoms with Gasteiger partial charge in [0.25, 0.3) is 0 Å². The number of benzene rings is 1. The molecule has 0 fully saturated rings. The van der Waals surface area contributed by atoms with Crippen molar-refractivity contribution in [2.75, 3.05) is 12.4 Å². The van der Waals surface area contributed by atoms with Gasteiger partial charge in [0, 0.05) is 5.25 Å². The molecule has 0 bridgehead atoms. The Labute approximate surface area is 114 Å². The lowest BCUT2D eigenvalue weighted by Gasteiger charge is -2.14. The average Bonchev–Trinajstić information content (AvgIpc) is 2.38. The molecular formula is C15H21NOS. The number of hydrogen-bond donors (Lipinski definition) is 0. The van der Waals surface area contributed by atoms with E-state index < -0.39 is 0 Å². The van der Waals surface area contributed by atoms with Crippen LogP contribution in [0.2, 0.25) is 0 Å². The summed E-state index contributed by atoms with van der Waals surface area (Å²) in [6, 6.07) is 9.36. The summed E-state index contributed by atoms with van der Waals surface area (Å²) in [6.45, 7) is 7.52. The van der Waals surface area contributed by atoms with Crippen LogP contribution in [0.4, 0.5) is 0 Å². The molecule has 0 saturated carbocycles. The first kappa shape index (κ1) is 14.9. The molecule has 0 aliphatic carbocycles. The lowest BCUT2D eigenvalue weighted by molar-refractivity contribution is 0.318. The van der Waals surface area contributed by atoms with E-state index >= 15 is 0 Å². The third kappa shape index (κ3) is 5.46. The van der Waals surface area contributed by atoms with Crippen molar-refractivity contribution in [1.29, 1.82) is 5.26 Å². The summed E-state index contributed by atoms with van der Waals surface area (Å²) in [5.74, 6) is 2.71. The summed E-state index contributed by atoms with van der Waals surface area (Å²) in [7, 11) is 0. The van der Waals surface area contributed by atoms with Gasteiger partial charge < -0.3 is 4.74 Å². The third-order valence-electron chi connectivity index (χ3n) is 2.86. The maximum Gasteiger partial charge on any atom is 0.119 e. The van der Waals surface area contributed by atoms with Crippen molar-refractivity contribution in [2.45, 2.75) is 32.4 Å². The molecule has 2 nitrogen and oxygen atoms in total. The Morgan fingerprint density at radius 2 is 1.89 bits per heavy atom. The van der Waals surface area contributed by atoms with Gasteiger partial charge in [-0.15, -0.1) is 0 Å². The van der Waals surface area contributed by atoms with Crippen molar-refractivity contribution in [3.8, 4) is 11.8 Å². The molecule has 1 rings (SSSR count). The first-order chi connectivity index (χ1) is 8.63. The predicted molar refractivity (Wildman–Crippen MR) is 78.0 cm³/mol. The minimum atomic E-state index is 0.670. The predicted octanol–water partition coefficient (Wildman–Crippen LogP) is 4.10.